The summed E-state index contributed by atoms with van der Waals surface area (Å²) in [4.78, 5) is 12.3. The molecule has 152 valence electrons. The first-order valence-corrected chi connectivity index (χ1v) is 11.0. The van der Waals surface area contributed by atoms with Crippen molar-refractivity contribution in [3.8, 4) is 0 Å². The smallest absolute Gasteiger partial charge is 0.232 e. The van der Waals surface area contributed by atoms with Crippen LogP contribution < -0.4 is 9.62 Å². The van der Waals surface area contributed by atoms with Gasteiger partial charge in [0.15, 0.2) is 0 Å². The van der Waals surface area contributed by atoms with Gasteiger partial charge in [-0.05, 0) is 49.6 Å². The van der Waals surface area contributed by atoms with Crippen LogP contribution in [0.25, 0.3) is 0 Å². The third-order valence-corrected chi connectivity index (χ3v) is 5.49. The lowest BCUT2D eigenvalue weighted by molar-refractivity contribution is -0.116. The number of nitrogens with zero attached hydrogens (tertiary/aromatic N) is 1. The summed E-state index contributed by atoms with van der Waals surface area (Å²) in [6.45, 7) is 4.58. The number of methoxy groups -OCH3 is 1. The molecule has 1 N–H and O–H groups in total. The van der Waals surface area contributed by atoms with Gasteiger partial charge in [0.25, 0.3) is 0 Å². The lowest BCUT2D eigenvalue weighted by Gasteiger charge is -2.24. The van der Waals surface area contributed by atoms with Crippen LogP contribution in [0.5, 0.6) is 0 Å². The Kier molecular flexibility index (Phi) is 7.60. The topological polar surface area (TPSA) is 75.7 Å². The van der Waals surface area contributed by atoms with E-state index in [2.05, 4.69) is 5.32 Å². The van der Waals surface area contributed by atoms with Crippen molar-refractivity contribution in [2.75, 3.05) is 29.5 Å². The van der Waals surface area contributed by atoms with Gasteiger partial charge in [-0.25, -0.2) is 8.42 Å². The molecule has 7 heteroatoms. The molecule has 0 unspecified atom stereocenters. The monoisotopic (exact) mass is 404 g/mol. The van der Waals surface area contributed by atoms with E-state index in [0.717, 1.165) is 16.7 Å². The molecule has 0 saturated carbocycles. The molecule has 0 saturated heterocycles. The molecule has 0 aliphatic rings. The van der Waals surface area contributed by atoms with Crippen LogP contribution in [0.1, 0.15) is 29.5 Å². The highest BCUT2D eigenvalue weighted by Gasteiger charge is 2.19. The van der Waals surface area contributed by atoms with E-state index >= 15 is 0 Å². The van der Waals surface area contributed by atoms with Gasteiger partial charge >= 0.3 is 0 Å². The Hall–Kier alpha value is -2.38. The number of sulfonamides is 1. The molecule has 28 heavy (non-hydrogen) atoms. The molecule has 0 bridgehead atoms. The zero-order valence-electron chi connectivity index (χ0n) is 16.9. The van der Waals surface area contributed by atoms with E-state index < -0.39 is 10.0 Å². The Morgan fingerprint density at radius 2 is 1.89 bits per heavy atom. The van der Waals surface area contributed by atoms with Crippen molar-refractivity contribution in [3.63, 3.8) is 0 Å². The SMILES string of the molecule is COCc1cccc(NC(=O)CCCN(c2ccc(C)cc2C)S(C)(=O)=O)c1. The van der Waals surface area contributed by atoms with E-state index in [9.17, 15) is 13.2 Å². The molecule has 1 amide bonds. The number of nitrogens with one attached hydrogen (secondary N) is 1. The number of ether oxygens (including phenoxy) is 1. The van der Waals surface area contributed by atoms with Crippen molar-refractivity contribution in [2.45, 2.75) is 33.3 Å². The second-order valence-electron chi connectivity index (χ2n) is 6.91. The number of benzene rings is 2. The summed E-state index contributed by atoms with van der Waals surface area (Å²) < 4.78 is 31.0. The van der Waals surface area contributed by atoms with Crippen LogP contribution in [0.3, 0.4) is 0 Å². The van der Waals surface area contributed by atoms with Gasteiger partial charge in [0.2, 0.25) is 15.9 Å². The molecule has 2 aromatic carbocycles. The van der Waals surface area contributed by atoms with Gasteiger partial charge < -0.3 is 10.1 Å². The van der Waals surface area contributed by atoms with Gasteiger partial charge in [0, 0.05) is 25.8 Å². The Morgan fingerprint density at radius 1 is 1.14 bits per heavy atom. The van der Waals surface area contributed by atoms with Crippen molar-refractivity contribution in [1.29, 1.82) is 0 Å². The Bertz CT molecular complexity index is 926. The maximum Gasteiger partial charge on any atom is 0.232 e. The predicted octanol–water partition coefficient (Wildman–Crippen LogP) is 3.63. The standard InChI is InChI=1S/C21H28N2O4S/c1-16-10-11-20(17(2)13-16)23(28(4,25)26)12-6-9-21(24)22-19-8-5-7-18(14-19)15-27-3/h5,7-8,10-11,13-14H,6,9,12,15H2,1-4H3,(H,22,24). The normalized spacial score (nSPS) is 11.3. The molecule has 0 fully saturated rings. The minimum Gasteiger partial charge on any atom is -0.380 e. The van der Waals surface area contributed by atoms with E-state index in [1.807, 2.05) is 56.3 Å². The van der Waals surface area contributed by atoms with Crippen LogP contribution >= 0.6 is 0 Å². The fourth-order valence-electron chi connectivity index (χ4n) is 3.06. The molecule has 6 nitrogen and oxygen atoms in total. The molecular weight excluding hydrogens is 376 g/mol. The predicted molar refractivity (Wildman–Crippen MR) is 113 cm³/mol. The van der Waals surface area contributed by atoms with Gasteiger partial charge in [-0.15, -0.1) is 0 Å². The van der Waals surface area contributed by atoms with Crippen molar-refractivity contribution >= 4 is 27.3 Å². The van der Waals surface area contributed by atoms with Gasteiger partial charge in [0.1, 0.15) is 0 Å². The Balaban J connectivity index is 1.98. The van der Waals surface area contributed by atoms with E-state index in [-0.39, 0.29) is 18.9 Å². The average Bonchev–Trinajstić information content (AvgIpc) is 2.59. The quantitative estimate of drug-likeness (QED) is 0.692. The molecule has 0 spiro atoms. The number of anilines is 2. The lowest BCUT2D eigenvalue weighted by atomic mass is 10.1. The third-order valence-electron chi connectivity index (χ3n) is 4.31. The van der Waals surface area contributed by atoms with Crippen LogP contribution in [-0.4, -0.2) is 34.2 Å². The second-order valence-corrected chi connectivity index (χ2v) is 8.82. The van der Waals surface area contributed by atoms with E-state index in [0.29, 0.717) is 24.4 Å². The maximum atomic E-state index is 12.3. The minimum absolute atomic E-state index is 0.149. The highest BCUT2D eigenvalue weighted by atomic mass is 32.2. The number of hydrogen-bond donors (Lipinski definition) is 1. The first-order chi connectivity index (χ1) is 13.2. The van der Waals surface area contributed by atoms with Crippen LogP contribution in [0.4, 0.5) is 11.4 Å². The van der Waals surface area contributed by atoms with E-state index in [4.69, 9.17) is 4.74 Å². The van der Waals surface area contributed by atoms with Crippen LogP contribution in [0, 0.1) is 13.8 Å². The summed E-state index contributed by atoms with van der Waals surface area (Å²) in [7, 11) is -1.81. The lowest BCUT2D eigenvalue weighted by Crippen LogP contribution is -2.32. The van der Waals surface area contributed by atoms with Gasteiger partial charge in [-0.1, -0.05) is 29.8 Å². The molecule has 0 heterocycles. The summed E-state index contributed by atoms with van der Waals surface area (Å²) in [5.41, 5.74) is 4.29. The summed E-state index contributed by atoms with van der Waals surface area (Å²) >= 11 is 0. The zero-order valence-corrected chi connectivity index (χ0v) is 17.7. The average molecular weight is 405 g/mol. The van der Waals surface area contributed by atoms with Gasteiger partial charge in [-0.2, -0.15) is 0 Å². The number of carbonyl (C=O) groups is 1. The fraction of sp³-hybridized carbons (Fsp3) is 0.381. The Morgan fingerprint density at radius 3 is 2.54 bits per heavy atom. The molecule has 0 aliphatic carbocycles. The minimum atomic E-state index is -3.43. The number of hydrogen-bond acceptors (Lipinski definition) is 4. The largest absolute Gasteiger partial charge is 0.380 e. The van der Waals surface area contributed by atoms with Crippen LogP contribution in [-0.2, 0) is 26.2 Å². The summed E-state index contributed by atoms with van der Waals surface area (Å²) in [6.07, 6.45) is 1.84. The number of rotatable bonds is 9. The first kappa shape index (κ1) is 21.9. The molecule has 2 rings (SSSR count). The molecule has 0 aromatic heterocycles. The van der Waals surface area contributed by atoms with Crippen molar-refractivity contribution in [2.24, 2.45) is 0 Å². The molecule has 2 aromatic rings. The van der Waals surface area contributed by atoms with Gasteiger partial charge in [-0.3, -0.25) is 9.10 Å². The third kappa shape index (κ3) is 6.35. The highest BCUT2D eigenvalue weighted by Crippen LogP contribution is 2.24. The van der Waals surface area contributed by atoms with Gasteiger partial charge in [0.05, 0.1) is 18.6 Å². The van der Waals surface area contributed by atoms with Crippen molar-refractivity contribution in [3.05, 3.63) is 59.2 Å². The highest BCUT2D eigenvalue weighted by molar-refractivity contribution is 7.92. The molecular formula is C21H28N2O4S. The maximum absolute atomic E-state index is 12.3. The fourth-order valence-corrected chi connectivity index (χ4v) is 4.09. The number of carbonyl (C=O) groups excluding carboxylic acids is 1. The van der Waals surface area contributed by atoms with Crippen molar-refractivity contribution < 1.29 is 17.9 Å². The second kappa shape index (κ2) is 9.71. The van der Waals surface area contributed by atoms with Crippen LogP contribution in [0.2, 0.25) is 0 Å². The zero-order chi connectivity index (χ0) is 20.7. The van der Waals surface area contributed by atoms with E-state index in [1.54, 1.807) is 7.11 Å². The summed E-state index contributed by atoms with van der Waals surface area (Å²) in [6, 6.07) is 13.1. The molecule has 0 aliphatic heterocycles. The molecule has 0 radical (unpaired) electrons. The Labute approximate surface area is 167 Å². The summed E-state index contributed by atoms with van der Waals surface area (Å²) in [5, 5.41) is 2.85. The van der Waals surface area contributed by atoms with E-state index in [1.165, 1.54) is 10.6 Å². The number of aryl methyl sites for hydroxylation is 2. The molecule has 0 atom stereocenters. The van der Waals surface area contributed by atoms with Crippen LogP contribution in [0.15, 0.2) is 42.5 Å². The first-order valence-electron chi connectivity index (χ1n) is 9.13. The van der Waals surface area contributed by atoms with Crippen molar-refractivity contribution in [1.82, 2.24) is 0 Å². The summed E-state index contributed by atoms with van der Waals surface area (Å²) in [5.74, 6) is -0.149. The number of amides is 1.